The van der Waals surface area contributed by atoms with E-state index < -0.39 is 12.2 Å². The van der Waals surface area contributed by atoms with Crippen LogP contribution in [0.3, 0.4) is 0 Å². The zero-order valence-corrected chi connectivity index (χ0v) is 19.3. The van der Waals surface area contributed by atoms with E-state index in [1.54, 1.807) is 42.1 Å². The lowest BCUT2D eigenvalue weighted by Crippen LogP contribution is -2.22. The van der Waals surface area contributed by atoms with Crippen LogP contribution in [-0.2, 0) is 7.05 Å². The maximum absolute atomic E-state index is 14.0. The van der Waals surface area contributed by atoms with Crippen LogP contribution in [0.25, 0.3) is 49.8 Å². The van der Waals surface area contributed by atoms with Crippen molar-refractivity contribution in [3.63, 3.8) is 0 Å². The molecule has 180 valence electrons. The summed E-state index contributed by atoms with van der Waals surface area (Å²) >= 11 is 6.24. The van der Waals surface area contributed by atoms with Crippen LogP contribution in [0.2, 0.25) is 5.02 Å². The number of nitrogens with two attached hydrogens (primary N) is 1. The number of nitrogen functional groups attached to an aromatic ring is 1. The lowest BCUT2D eigenvalue weighted by atomic mass is 10.0. The molecule has 0 spiro atoms. The van der Waals surface area contributed by atoms with E-state index in [-0.39, 0.29) is 22.7 Å². The summed E-state index contributed by atoms with van der Waals surface area (Å²) < 4.78 is 38.7. The highest BCUT2D eigenvalue weighted by Crippen LogP contribution is 2.38. The van der Waals surface area contributed by atoms with Gasteiger partial charge in [0.1, 0.15) is 11.1 Å². The van der Waals surface area contributed by atoms with Gasteiger partial charge in [0.05, 0.1) is 28.7 Å². The SMILES string of the molecule is Cn1cc2cc(-c3c(N)c4oc5ccc(Cl)cc5c4n(-c4ccc(OC(F)F)nc4)c3=O)ccc2n1. The van der Waals surface area contributed by atoms with Crippen LogP contribution in [0.15, 0.2) is 70.1 Å². The zero-order valence-electron chi connectivity index (χ0n) is 18.6. The van der Waals surface area contributed by atoms with Crippen LogP contribution in [0.1, 0.15) is 0 Å². The summed E-state index contributed by atoms with van der Waals surface area (Å²) in [5.41, 5.74) is 9.24. The van der Waals surface area contributed by atoms with Crippen molar-refractivity contribution in [1.29, 1.82) is 0 Å². The number of alkyl halides is 2. The molecule has 0 unspecified atom stereocenters. The van der Waals surface area contributed by atoms with Gasteiger partial charge >= 0.3 is 6.61 Å². The fourth-order valence-corrected chi connectivity index (χ4v) is 4.57. The minimum atomic E-state index is -3.02. The summed E-state index contributed by atoms with van der Waals surface area (Å²) in [6.07, 6.45) is 3.10. The van der Waals surface area contributed by atoms with E-state index in [0.29, 0.717) is 32.8 Å². The Bertz CT molecular complexity index is 1860. The Hall–Kier alpha value is -4.44. The van der Waals surface area contributed by atoms with Crippen LogP contribution < -0.4 is 16.0 Å². The summed E-state index contributed by atoms with van der Waals surface area (Å²) in [6.45, 7) is -3.02. The Morgan fingerprint density at radius 3 is 2.72 bits per heavy atom. The Labute approximate surface area is 206 Å². The van der Waals surface area contributed by atoms with Gasteiger partial charge in [0, 0.05) is 35.1 Å². The first-order valence-electron chi connectivity index (χ1n) is 10.7. The Kier molecular flexibility index (Phi) is 4.94. The summed E-state index contributed by atoms with van der Waals surface area (Å²) in [6, 6.07) is 13.1. The number of hydrogen-bond donors (Lipinski definition) is 1. The second-order valence-corrected chi connectivity index (χ2v) is 8.60. The molecule has 0 saturated heterocycles. The highest BCUT2D eigenvalue weighted by molar-refractivity contribution is 6.31. The number of aryl methyl sites for hydroxylation is 1. The lowest BCUT2D eigenvalue weighted by Gasteiger charge is -2.14. The predicted molar refractivity (Wildman–Crippen MR) is 133 cm³/mol. The minimum absolute atomic E-state index is 0.160. The van der Waals surface area contributed by atoms with Gasteiger partial charge < -0.3 is 14.9 Å². The summed E-state index contributed by atoms with van der Waals surface area (Å²) in [5, 5.41) is 6.19. The molecule has 0 aliphatic carbocycles. The molecule has 0 aliphatic rings. The van der Waals surface area contributed by atoms with Crippen LogP contribution in [0.4, 0.5) is 14.5 Å². The van der Waals surface area contributed by atoms with Gasteiger partial charge in [-0.25, -0.2) is 4.98 Å². The van der Waals surface area contributed by atoms with Gasteiger partial charge in [-0.15, -0.1) is 0 Å². The van der Waals surface area contributed by atoms with E-state index >= 15 is 0 Å². The third-order valence-electron chi connectivity index (χ3n) is 5.87. The number of benzene rings is 2. The first-order valence-corrected chi connectivity index (χ1v) is 11.1. The molecule has 0 amide bonds. The quantitative estimate of drug-likeness (QED) is 0.337. The van der Waals surface area contributed by atoms with Gasteiger partial charge in [0.2, 0.25) is 5.88 Å². The molecule has 0 radical (unpaired) electrons. The summed E-state index contributed by atoms with van der Waals surface area (Å²) in [5.74, 6) is -0.282. The van der Waals surface area contributed by atoms with Crippen molar-refractivity contribution in [2.75, 3.05) is 5.73 Å². The number of halogens is 3. The molecule has 36 heavy (non-hydrogen) atoms. The van der Waals surface area contributed by atoms with Gasteiger partial charge in [-0.05, 0) is 42.0 Å². The fourth-order valence-electron chi connectivity index (χ4n) is 4.40. The molecule has 2 aromatic carbocycles. The average molecular weight is 508 g/mol. The largest absolute Gasteiger partial charge is 0.452 e. The molecule has 4 aromatic heterocycles. The molecule has 0 atom stereocenters. The monoisotopic (exact) mass is 507 g/mol. The van der Waals surface area contributed by atoms with Crippen molar-refractivity contribution in [2.24, 2.45) is 7.05 Å². The number of aromatic nitrogens is 4. The van der Waals surface area contributed by atoms with Gasteiger partial charge in [-0.1, -0.05) is 17.7 Å². The molecule has 6 aromatic rings. The van der Waals surface area contributed by atoms with E-state index in [0.717, 1.165) is 10.9 Å². The normalized spacial score (nSPS) is 11.8. The van der Waals surface area contributed by atoms with Crippen LogP contribution in [-0.4, -0.2) is 25.9 Å². The molecule has 11 heteroatoms. The molecule has 0 saturated carbocycles. The average Bonchev–Trinajstić information content (AvgIpc) is 3.39. The Balaban J connectivity index is 1.69. The number of fused-ring (bicyclic) bond motifs is 4. The zero-order chi connectivity index (χ0) is 25.1. The topological polar surface area (TPSA) is 101 Å². The molecular formula is C25H16ClF2N5O3. The second kappa shape index (κ2) is 8.06. The van der Waals surface area contributed by atoms with Crippen molar-refractivity contribution in [1.82, 2.24) is 19.3 Å². The van der Waals surface area contributed by atoms with E-state index in [1.807, 2.05) is 12.3 Å². The van der Waals surface area contributed by atoms with Crippen molar-refractivity contribution in [2.45, 2.75) is 6.61 Å². The van der Waals surface area contributed by atoms with Gasteiger partial charge in [-0.2, -0.15) is 13.9 Å². The van der Waals surface area contributed by atoms with Crippen molar-refractivity contribution in [3.8, 4) is 22.7 Å². The van der Waals surface area contributed by atoms with Crippen LogP contribution in [0.5, 0.6) is 5.88 Å². The van der Waals surface area contributed by atoms with E-state index in [1.165, 1.54) is 22.9 Å². The number of furan rings is 1. The standard InChI is InChI=1S/C25H16ClF2N5O3/c1-32-11-13-8-12(2-5-17(13)31-32)20-21(29)23-22(16-9-14(26)3-6-18(16)35-23)33(24(20)34)15-4-7-19(30-10-15)36-25(27)28/h2-11,25H,29H2,1H3. The lowest BCUT2D eigenvalue weighted by molar-refractivity contribution is -0.0528. The molecule has 6 rings (SSSR count). The number of rotatable bonds is 4. The second-order valence-electron chi connectivity index (χ2n) is 8.16. The van der Waals surface area contributed by atoms with Gasteiger partial charge in [0.25, 0.3) is 5.56 Å². The van der Waals surface area contributed by atoms with Crippen LogP contribution >= 0.6 is 11.6 Å². The van der Waals surface area contributed by atoms with E-state index in [9.17, 15) is 13.6 Å². The van der Waals surface area contributed by atoms with Crippen LogP contribution in [0, 0.1) is 0 Å². The molecule has 4 heterocycles. The molecule has 0 bridgehead atoms. The highest BCUT2D eigenvalue weighted by atomic mass is 35.5. The predicted octanol–water partition coefficient (Wildman–Crippen LogP) is 5.52. The van der Waals surface area contributed by atoms with Gasteiger partial charge in [0.15, 0.2) is 5.58 Å². The molecule has 0 fully saturated rings. The molecule has 0 aliphatic heterocycles. The molecule has 2 N–H and O–H groups in total. The maximum Gasteiger partial charge on any atom is 0.388 e. The smallest absolute Gasteiger partial charge is 0.388 e. The number of anilines is 1. The summed E-state index contributed by atoms with van der Waals surface area (Å²) in [4.78, 5) is 18.0. The number of ether oxygens (including phenoxy) is 1. The Morgan fingerprint density at radius 1 is 1.14 bits per heavy atom. The first kappa shape index (κ1) is 22.1. The first-order chi connectivity index (χ1) is 17.3. The Morgan fingerprint density at radius 2 is 1.97 bits per heavy atom. The number of nitrogens with zero attached hydrogens (tertiary/aromatic N) is 4. The van der Waals surface area contributed by atoms with Crippen molar-refractivity contribution in [3.05, 3.63) is 76.3 Å². The summed E-state index contributed by atoms with van der Waals surface area (Å²) in [7, 11) is 1.81. The third kappa shape index (κ3) is 3.45. The van der Waals surface area contributed by atoms with E-state index in [4.69, 9.17) is 21.8 Å². The maximum atomic E-state index is 14.0. The molecular weight excluding hydrogens is 492 g/mol. The molecule has 8 nitrogen and oxygen atoms in total. The van der Waals surface area contributed by atoms with Crippen molar-refractivity contribution >= 4 is 50.3 Å². The highest BCUT2D eigenvalue weighted by Gasteiger charge is 2.23. The fraction of sp³-hybridized carbons (Fsp3) is 0.0800. The third-order valence-corrected chi connectivity index (χ3v) is 6.11. The minimum Gasteiger partial charge on any atom is -0.452 e. The van der Waals surface area contributed by atoms with Gasteiger partial charge in [-0.3, -0.25) is 14.0 Å². The van der Waals surface area contributed by atoms with Crippen molar-refractivity contribution < 1.29 is 17.9 Å². The number of hydrogen-bond acceptors (Lipinski definition) is 6. The van der Waals surface area contributed by atoms with E-state index in [2.05, 4.69) is 14.8 Å². The number of pyridine rings is 2.